The summed E-state index contributed by atoms with van der Waals surface area (Å²) in [5.74, 6) is 0.774. The van der Waals surface area contributed by atoms with Crippen LogP contribution in [0.4, 0.5) is 0 Å². The number of benzene rings is 2. The first-order chi connectivity index (χ1) is 14.8. The number of halogens is 2. The molecule has 0 saturated heterocycles. The lowest BCUT2D eigenvalue weighted by molar-refractivity contribution is -0.138. The molecular formula is C24H30Cl2N2O2S. The molecule has 0 heterocycles. The molecule has 0 spiro atoms. The van der Waals surface area contributed by atoms with Crippen LogP contribution in [0.5, 0.6) is 0 Å². The SMILES string of the molecule is CCCCNC(=O)C(C)N(Cc1ccc(Cl)cc1Cl)C(=O)CSCc1ccccc1C. The molecule has 2 amide bonds. The molecular weight excluding hydrogens is 451 g/mol. The number of carbonyl (C=O) groups excluding carboxylic acids is 2. The molecule has 0 aliphatic carbocycles. The molecule has 2 aromatic rings. The third-order valence-corrected chi connectivity index (χ3v) is 6.65. The minimum Gasteiger partial charge on any atom is -0.354 e. The largest absolute Gasteiger partial charge is 0.354 e. The lowest BCUT2D eigenvalue weighted by atomic mass is 10.1. The maximum atomic E-state index is 13.1. The highest BCUT2D eigenvalue weighted by atomic mass is 35.5. The summed E-state index contributed by atoms with van der Waals surface area (Å²) < 4.78 is 0. The average Bonchev–Trinajstić information content (AvgIpc) is 2.74. The summed E-state index contributed by atoms with van der Waals surface area (Å²) in [4.78, 5) is 27.4. The first kappa shape index (κ1) is 25.6. The smallest absolute Gasteiger partial charge is 0.242 e. The molecule has 1 unspecified atom stereocenters. The van der Waals surface area contributed by atoms with Crippen LogP contribution in [0, 0.1) is 6.92 Å². The van der Waals surface area contributed by atoms with Gasteiger partial charge in [0.1, 0.15) is 6.04 Å². The van der Waals surface area contributed by atoms with Crippen LogP contribution in [0.1, 0.15) is 43.4 Å². The van der Waals surface area contributed by atoms with Gasteiger partial charge in [0.2, 0.25) is 11.8 Å². The maximum absolute atomic E-state index is 13.1. The van der Waals surface area contributed by atoms with Gasteiger partial charge in [0.15, 0.2) is 0 Å². The second-order valence-electron chi connectivity index (χ2n) is 7.50. The Morgan fingerprint density at radius 3 is 2.55 bits per heavy atom. The molecule has 1 N–H and O–H groups in total. The van der Waals surface area contributed by atoms with Crippen LogP contribution in [0.15, 0.2) is 42.5 Å². The molecule has 31 heavy (non-hydrogen) atoms. The predicted molar refractivity (Wildman–Crippen MR) is 132 cm³/mol. The van der Waals surface area contributed by atoms with Gasteiger partial charge in [-0.1, -0.05) is 66.9 Å². The van der Waals surface area contributed by atoms with Crippen LogP contribution in [0.2, 0.25) is 10.0 Å². The van der Waals surface area contributed by atoms with E-state index in [0.717, 1.165) is 24.2 Å². The van der Waals surface area contributed by atoms with Crippen molar-refractivity contribution in [3.63, 3.8) is 0 Å². The summed E-state index contributed by atoms with van der Waals surface area (Å²) in [6.07, 6.45) is 1.90. The van der Waals surface area contributed by atoms with E-state index < -0.39 is 6.04 Å². The van der Waals surface area contributed by atoms with Crippen LogP contribution in [0.3, 0.4) is 0 Å². The number of carbonyl (C=O) groups is 2. The number of aryl methyl sites for hydroxylation is 1. The van der Waals surface area contributed by atoms with Crippen LogP contribution in [0.25, 0.3) is 0 Å². The van der Waals surface area contributed by atoms with E-state index in [1.54, 1.807) is 41.8 Å². The number of nitrogens with zero attached hydrogens (tertiary/aromatic N) is 1. The summed E-state index contributed by atoms with van der Waals surface area (Å²) in [5.41, 5.74) is 3.17. The van der Waals surface area contributed by atoms with Crippen molar-refractivity contribution in [1.82, 2.24) is 10.2 Å². The third kappa shape index (κ3) is 8.06. The van der Waals surface area contributed by atoms with E-state index in [9.17, 15) is 9.59 Å². The number of hydrogen-bond donors (Lipinski definition) is 1. The quantitative estimate of drug-likeness (QED) is 0.409. The number of unbranched alkanes of at least 4 members (excludes halogenated alkanes) is 1. The van der Waals surface area contributed by atoms with Crippen molar-refractivity contribution >= 4 is 46.8 Å². The van der Waals surface area contributed by atoms with Crippen molar-refractivity contribution in [3.05, 3.63) is 69.2 Å². The minimum absolute atomic E-state index is 0.0947. The molecule has 0 aromatic heterocycles. The normalized spacial score (nSPS) is 11.8. The summed E-state index contributed by atoms with van der Waals surface area (Å²) in [6, 6.07) is 12.7. The number of thioether (sulfide) groups is 1. The molecule has 168 valence electrons. The summed E-state index contributed by atoms with van der Waals surface area (Å²) >= 11 is 13.9. The van der Waals surface area contributed by atoms with Crippen LogP contribution < -0.4 is 5.32 Å². The summed E-state index contributed by atoms with van der Waals surface area (Å²) in [6.45, 7) is 6.75. The second kappa shape index (κ2) is 13.0. The van der Waals surface area contributed by atoms with Gasteiger partial charge in [-0.3, -0.25) is 9.59 Å². The zero-order chi connectivity index (χ0) is 22.8. The van der Waals surface area contributed by atoms with Crippen molar-refractivity contribution in [2.24, 2.45) is 0 Å². The van der Waals surface area contributed by atoms with Gasteiger partial charge in [-0.05, 0) is 49.1 Å². The highest BCUT2D eigenvalue weighted by Gasteiger charge is 2.26. The summed E-state index contributed by atoms with van der Waals surface area (Å²) in [5, 5.41) is 3.94. The minimum atomic E-state index is -0.602. The van der Waals surface area contributed by atoms with Crippen LogP contribution >= 0.6 is 35.0 Å². The lowest BCUT2D eigenvalue weighted by Crippen LogP contribution is -2.48. The van der Waals surface area contributed by atoms with E-state index in [1.807, 2.05) is 12.1 Å². The maximum Gasteiger partial charge on any atom is 0.242 e. The number of nitrogens with one attached hydrogen (secondary N) is 1. The van der Waals surface area contributed by atoms with Crippen molar-refractivity contribution in [2.45, 2.75) is 52.0 Å². The van der Waals surface area contributed by atoms with Crippen molar-refractivity contribution in [2.75, 3.05) is 12.3 Å². The van der Waals surface area contributed by atoms with Crippen LogP contribution in [-0.2, 0) is 21.9 Å². The van der Waals surface area contributed by atoms with E-state index in [2.05, 4.69) is 31.3 Å². The predicted octanol–water partition coefficient (Wildman–Crippen LogP) is 5.87. The van der Waals surface area contributed by atoms with Gasteiger partial charge in [0, 0.05) is 28.9 Å². The fourth-order valence-electron chi connectivity index (χ4n) is 3.06. The van der Waals surface area contributed by atoms with E-state index in [4.69, 9.17) is 23.2 Å². The molecule has 0 aliphatic heterocycles. The zero-order valence-electron chi connectivity index (χ0n) is 18.3. The van der Waals surface area contributed by atoms with Gasteiger partial charge in [-0.2, -0.15) is 0 Å². The molecule has 0 aliphatic rings. The topological polar surface area (TPSA) is 49.4 Å². The first-order valence-corrected chi connectivity index (χ1v) is 12.4. The lowest BCUT2D eigenvalue weighted by Gasteiger charge is -2.29. The van der Waals surface area contributed by atoms with Gasteiger partial charge < -0.3 is 10.2 Å². The van der Waals surface area contributed by atoms with Crippen LogP contribution in [-0.4, -0.2) is 35.1 Å². The number of amides is 2. The van der Waals surface area contributed by atoms with E-state index >= 15 is 0 Å². The van der Waals surface area contributed by atoms with Gasteiger partial charge in [0.05, 0.1) is 5.75 Å². The average molecular weight is 481 g/mol. The zero-order valence-corrected chi connectivity index (χ0v) is 20.6. The Balaban J connectivity index is 2.10. The highest BCUT2D eigenvalue weighted by molar-refractivity contribution is 7.99. The molecule has 0 radical (unpaired) electrons. The van der Waals surface area contributed by atoms with E-state index in [1.165, 1.54) is 11.1 Å². The molecule has 2 aromatic carbocycles. The standard InChI is InChI=1S/C24H30Cl2N2O2S/c1-4-5-12-27-24(30)18(3)28(14-19-10-11-21(25)13-22(19)26)23(29)16-31-15-20-9-7-6-8-17(20)2/h6-11,13,18H,4-5,12,14-16H2,1-3H3,(H,27,30). The fraction of sp³-hybridized carbons (Fsp3) is 0.417. The van der Waals surface area contributed by atoms with E-state index in [0.29, 0.717) is 16.6 Å². The van der Waals surface area contributed by atoms with Gasteiger partial charge >= 0.3 is 0 Å². The first-order valence-electron chi connectivity index (χ1n) is 10.5. The van der Waals surface area contributed by atoms with Crippen molar-refractivity contribution in [1.29, 1.82) is 0 Å². The third-order valence-electron chi connectivity index (χ3n) is 5.10. The second-order valence-corrected chi connectivity index (χ2v) is 9.33. The highest BCUT2D eigenvalue weighted by Crippen LogP contribution is 2.24. The fourth-order valence-corrected chi connectivity index (χ4v) is 4.51. The van der Waals surface area contributed by atoms with Gasteiger partial charge in [-0.25, -0.2) is 0 Å². The van der Waals surface area contributed by atoms with Gasteiger partial charge in [-0.15, -0.1) is 11.8 Å². The monoisotopic (exact) mass is 480 g/mol. The molecule has 2 rings (SSSR count). The molecule has 7 heteroatoms. The Labute approximate surface area is 199 Å². The van der Waals surface area contributed by atoms with Crippen molar-refractivity contribution < 1.29 is 9.59 Å². The molecule has 1 atom stereocenters. The van der Waals surface area contributed by atoms with E-state index in [-0.39, 0.29) is 24.1 Å². The molecule has 0 bridgehead atoms. The Morgan fingerprint density at radius 1 is 1.13 bits per heavy atom. The molecule has 0 fully saturated rings. The molecule has 4 nitrogen and oxygen atoms in total. The Hall–Kier alpha value is -1.69. The number of rotatable bonds is 11. The number of hydrogen-bond acceptors (Lipinski definition) is 3. The Bertz CT molecular complexity index is 892. The molecule has 0 saturated carbocycles. The Kier molecular flexibility index (Phi) is 10.7. The Morgan fingerprint density at radius 2 is 1.87 bits per heavy atom. The summed E-state index contributed by atoms with van der Waals surface area (Å²) in [7, 11) is 0. The van der Waals surface area contributed by atoms with Gasteiger partial charge in [0.25, 0.3) is 0 Å². The van der Waals surface area contributed by atoms with Crippen molar-refractivity contribution in [3.8, 4) is 0 Å².